The largest absolute Gasteiger partial charge is 0.453 e. The van der Waals surface area contributed by atoms with Crippen LogP contribution in [0.5, 0.6) is 0 Å². The molecule has 1 aliphatic carbocycles. The lowest BCUT2D eigenvalue weighted by Gasteiger charge is -2.09. The molecule has 0 fully saturated rings. The summed E-state index contributed by atoms with van der Waals surface area (Å²) < 4.78 is 5.73. The van der Waals surface area contributed by atoms with Crippen molar-refractivity contribution in [3.8, 4) is 11.5 Å². The molecule has 2 aliphatic rings. The van der Waals surface area contributed by atoms with Crippen LogP contribution in [-0.4, -0.2) is 11.0 Å². The number of hydrogen-bond acceptors (Lipinski definition) is 4. The number of anilines is 2. The Balaban J connectivity index is 1.62. The van der Waals surface area contributed by atoms with E-state index in [1.54, 1.807) is 36.4 Å². The number of aromatic nitrogens is 1. The molecule has 2 amide bonds. The normalized spacial score (nSPS) is 10.7. The number of carbonyl (C=O) groups is 1. The average Bonchev–Trinajstić information content (AvgIpc) is 2.60. The van der Waals surface area contributed by atoms with E-state index in [-0.39, 0.29) is 11.5 Å². The molecule has 2 aromatic carbocycles. The van der Waals surface area contributed by atoms with E-state index in [2.05, 4.69) is 15.6 Å². The minimum absolute atomic E-state index is 0.145. The fourth-order valence-corrected chi connectivity index (χ4v) is 2.50. The summed E-state index contributed by atoms with van der Waals surface area (Å²) in [6.07, 6.45) is 0. The number of nitrogens with one attached hydrogen (secondary N) is 2. The number of amides is 2. The second kappa shape index (κ2) is 6.09. The number of benzene rings is 3. The van der Waals surface area contributed by atoms with E-state index in [0.717, 1.165) is 0 Å². The molecule has 0 aromatic heterocycles. The van der Waals surface area contributed by atoms with Crippen molar-refractivity contribution in [2.75, 3.05) is 10.6 Å². The van der Waals surface area contributed by atoms with Crippen molar-refractivity contribution in [3.63, 3.8) is 0 Å². The number of urea groups is 1. The Hall–Kier alpha value is -3.67. The second-order valence-corrected chi connectivity index (χ2v) is 5.47. The predicted molar refractivity (Wildman–Crippen MR) is 96.0 cm³/mol. The molecule has 0 saturated carbocycles. The van der Waals surface area contributed by atoms with Gasteiger partial charge in [0, 0.05) is 23.5 Å². The molecule has 0 saturated heterocycles. The summed E-state index contributed by atoms with van der Waals surface area (Å²) in [5.74, 6) is 0.408. The lowest BCUT2D eigenvalue weighted by molar-refractivity contribution is 0.262. The van der Waals surface area contributed by atoms with Crippen LogP contribution in [0.4, 0.5) is 16.2 Å². The van der Waals surface area contributed by atoms with Gasteiger partial charge in [-0.3, -0.25) is 4.79 Å². The standard InChI is InChI=1S/C19H13N3O3/c23-14-7-9-16-18(11-14)25-17-10-13(6-8-15(17)22-16)21-19(24)20-12-4-2-1-3-5-12/h1-11H,(H2,20,21,24). The lowest BCUT2D eigenvalue weighted by Crippen LogP contribution is -2.19. The molecule has 1 aliphatic heterocycles. The van der Waals surface area contributed by atoms with Gasteiger partial charge >= 0.3 is 6.03 Å². The number of para-hydroxylation sites is 1. The van der Waals surface area contributed by atoms with Gasteiger partial charge in [-0.15, -0.1) is 0 Å². The topological polar surface area (TPSA) is 84.2 Å². The minimum Gasteiger partial charge on any atom is -0.453 e. The smallest absolute Gasteiger partial charge is 0.323 e. The first-order valence-corrected chi connectivity index (χ1v) is 7.65. The van der Waals surface area contributed by atoms with Gasteiger partial charge in [-0.1, -0.05) is 18.2 Å². The molecule has 1 heterocycles. The van der Waals surface area contributed by atoms with Gasteiger partial charge in [0.25, 0.3) is 0 Å². The van der Waals surface area contributed by atoms with Gasteiger partial charge in [-0.25, -0.2) is 9.78 Å². The highest BCUT2D eigenvalue weighted by atomic mass is 16.3. The van der Waals surface area contributed by atoms with E-state index in [0.29, 0.717) is 33.9 Å². The third kappa shape index (κ3) is 3.18. The highest BCUT2D eigenvalue weighted by molar-refractivity contribution is 6.00. The molecule has 6 nitrogen and oxygen atoms in total. The maximum Gasteiger partial charge on any atom is 0.323 e. The zero-order valence-electron chi connectivity index (χ0n) is 13.0. The SMILES string of the molecule is O=C(Nc1ccccc1)Nc1ccc2nc3ccc(=O)cc-3oc2c1. The van der Waals surface area contributed by atoms with Gasteiger partial charge in [0.2, 0.25) is 0 Å². The van der Waals surface area contributed by atoms with Crippen LogP contribution in [0.25, 0.3) is 22.6 Å². The summed E-state index contributed by atoms with van der Waals surface area (Å²) in [6, 6.07) is 18.4. The van der Waals surface area contributed by atoms with Crippen LogP contribution in [0, 0.1) is 0 Å². The summed E-state index contributed by atoms with van der Waals surface area (Å²) in [4.78, 5) is 28.0. The maximum atomic E-state index is 12.1. The Bertz CT molecular complexity index is 1090. The number of rotatable bonds is 2. The van der Waals surface area contributed by atoms with E-state index in [1.807, 2.05) is 18.2 Å². The second-order valence-electron chi connectivity index (χ2n) is 5.47. The minimum atomic E-state index is -0.360. The monoisotopic (exact) mass is 331 g/mol. The predicted octanol–water partition coefficient (Wildman–Crippen LogP) is 3.94. The van der Waals surface area contributed by atoms with Gasteiger partial charge in [0.1, 0.15) is 11.2 Å². The summed E-state index contributed by atoms with van der Waals surface area (Å²) in [7, 11) is 0. The molecule has 0 atom stereocenters. The van der Waals surface area contributed by atoms with Crippen molar-refractivity contribution >= 4 is 28.5 Å². The van der Waals surface area contributed by atoms with Crippen molar-refractivity contribution in [2.24, 2.45) is 0 Å². The Morgan fingerprint density at radius 2 is 1.68 bits per heavy atom. The van der Waals surface area contributed by atoms with Gasteiger partial charge in [0.05, 0.1) is 0 Å². The molecule has 0 spiro atoms. The molecular weight excluding hydrogens is 318 g/mol. The van der Waals surface area contributed by atoms with Crippen LogP contribution in [0.3, 0.4) is 0 Å². The Labute approximate surface area is 142 Å². The maximum absolute atomic E-state index is 12.1. The van der Waals surface area contributed by atoms with Gasteiger partial charge in [-0.2, -0.15) is 0 Å². The molecule has 4 rings (SSSR count). The Kier molecular flexibility index (Phi) is 3.63. The van der Waals surface area contributed by atoms with E-state index >= 15 is 0 Å². The van der Waals surface area contributed by atoms with E-state index in [1.165, 1.54) is 12.1 Å². The number of carbonyl (C=O) groups excluding carboxylic acids is 1. The van der Waals surface area contributed by atoms with Crippen LogP contribution >= 0.6 is 0 Å². The fourth-order valence-electron chi connectivity index (χ4n) is 2.50. The zero-order chi connectivity index (χ0) is 17.2. The van der Waals surface area contributed by atoms with Crippen LogP contribution in [-0.2, 0) is 0 Å². The molecule has 6 heteroatoms. The molecule has 0 radical (unpaired) electrons. The first kappa shape index (κ1) is 14.9. The van der Waals surface area contributed by atoms with Gasteiger partial charge in [0.15, 0.2) is 16.8 Å². The number of hydrogen-bond donors (Lipinski definition) is 2. The van der Waals surface area contributed by atoms with Crippen molar-refractivity contribution in [3.05, 3.63) is 77.0 Å². The van der Waals surface area contributed by atoms with Crippen molar-refractivity contribution < 1.29 is 9.21 Å². The summed E-state index contributed by atoms with van der Waals surface area (Å²) in [5, 5.41) is 5.48. The van der Waals surface area contributed by atoms with Crippen molar-refractivity contribution in [1.82, 2.24) is 4.98 Å². The van der Waals surface area contributed by atoms with Crippen LogP contribution in [0.2, 0.25) is 0 Å². The molecule has 122 valence electrons. The summed E-state index contributed by atoms with van der Waals surface area (Å²) in [5.41, 5.74) is 2.84. The summed E-state index contributed by atoms with van der Waals surface area (Å²) >= 11 is 0. The molecule has 0 unspecified atom stereocenters. The average molecular weight is 331 g/mol. The van der Waals surface area contributed by atoms with E-state index < -0.39 is 0 Å². The van der Waals surface area contributed by atoms with Crippen LogP contribution < -0.4 is 16.1 Å². The molecular formula is C19H13N3O3. The van der Waals surface area contributed by atoms with Crippen LogP contribution in [0.15, 0.2) is 75.9 Å². The first-order valence-electron chi connectivity index (χ1n) is 7.65. The third-order valence-electron chi connectivity index (χ3n) is 3.64. The van der Waals surface area contributed by atoms with Crippen molar-refractivity contribution in [2.45, 2.75) is 0 Å². The van der Waals surface area contributed by atoms with Crippen LogP contribution in [0.1, 0.15) is 0 Å². The highest BCUT2D eigenvalue weighted by Gasteiger charge is 2.10. The quantitative estimate of drug-likeness (QED) is 0.545. The summed E-state index contributed by atoms with van der Waals surface area (Å²) in [6.45, 7) is 0. The van der Waals surface area contributed by atoms with Gasteiger partial charge in [-0.05, 0) is 36.4 Å². The molecule has 0 bridgehead atoms. The molecule has 25 heavy (non-hydrogen) atoms. The molecule has 2 N–H and O–H groups in total. The Morgan fingerprint density at radius 3 is 2.52 bits per heavy atom. The number of nitrogens with zero attached hydrogens (tertiary/aromatic N) is 1. The molecule has 2 aromatic rings. The first-order chi connectivity index (χ1) is 12.2. The van der Waals surface area contributed by atoms with Crippen molar-refractivity contribution in [1.29, 1.82) is 0 Å². The zero-order valence-corrected chi connectivity index (χ0v) is 13.0. The van der Waals surface area contributed by atoms with Gasteiger partial charge < -0.3 is 15.1 Å². The Morgan fingerprint density at radius 1 is 0.880 bits per heavy atom. The lowest BCUT2D eigenvalue weighted by atomic mass is 10.2. The van der Waals surface area contributed by atoms with E-state index in [4.69, 9.17) is 4.42 Å². The third-order valence-corrected chi connectivity index (χ3v) is 3.64. The number of fused-ring (bicyclic) bond motifs is 2. The fraction of sp³-hybridized carbons (Fsp3) is 0. The highest BCUT2D eigenvalue weighted by Crippen LogP contribution is 2.25. The van der Waals surface area contributed by atoms with E-state index in [9.17, 15) is 9.59 Å².